The number of aromatic amines is 3. The molecule has 4 aromatic heterocycles. The Kier molecular flexibility index (Phi) is 3.91. The summed E-state index contributed by atoms with van der Waals surface area (Å²) in [5.74, 6) is 0.638. The third-order valence-corrected chi connectivity index (χ3v) is 4.65. The van der Waals surface area contributed by atoms with Crippen LogP contribution in [0, 0.1) is 6.92 Å². The van der Waals surface area contributed by atoms with Crippen molar-refractivity contribution in [2.24, 2.45) is 0 Å². The minimum atomic E-state index is -4.55. The first-order chi connectivity index (χ1) is 14.4. The van der Waals surface area contributed by atoms with Crippen LogP contribution in [0.25, 0.3) is 33.3 Å². The van der Waals surface area contributed by atoms with Gasteiger partial charge < -0.3 is 5.32 Å². The Morgan fingerprint density at radius 1 is 1.13 bits per heavy atom. The maximum absolute atomic E-state index is 13.4. The highest BCUT2D eigenvalue weighted by molar-refractivity contribution is 5.96. The number of halogens is 3. The molecule has 4 N–H and O–H groups in total. The Bertz CT molecular complexity index is 1390. The minimum Gasteiger partial charge on any atom is -0.339 e. The summed E-state index contributed by atoms with van der Waals surface area (Å²) in [6.07, 6.45) is -0.571. The SMILES string of the molecule is Cc1nc(-c2cc(C(F)(F)F)cnc2Nc2cccc3[nH]ncc23)c2[nH]c[nH+]c2n1. The van der Waals surface area contributed by atoms with E-state index in [2.05, 4.69) is 40.4 Å². The van der Waals surface area contributed by atoms with Crippen molar-refractivity contribution >= 4 is 33.6 Å². The monoisotopic (exact) mass is 411 g/mol. The van der Waals surface area contributed by atoms with Crippen LogP contribution in [0.4, 0.5) is 24.7 Å². The highest BCUT2D eigenvalue weighted by Crippen LogP contribution is 2.37. The number of nitrogens with zero attached hydrogens (tertiary/aromatic N) is 4. The van der Waals surface area contributed by atoms with Crippen LogP contribution in [0.2, 0.25) is 0 Å². The molecule has 0 spiro atoms. The second kappa shape index (κ2) is 6.51. The second-order valence-electron chi connectivity index (χ2n) is 6.66. The summed E-state index contributed by atoms with van der Waals surface area (Å²) in [6.45, 7) is 1.67. The lowest BCUT2D eigenvalue weighted by Crippen LogP contribution is -2.08. The first-order valence-corrected chi connectivity index (χ1v) is 8.90. The molecule has 1 aromatic carbocycles. The predicted molar refractivity (Wildman–Crippen MR) is 103 cm³/mol. The lowest BCUT2D eigenvalue weighted by atomic mass is 10.1. The lowest BCUT2D eigenvalue weighted by Gasteiger charge is -2.14. The molecule has 0 atom stereocenters. The molecule has 0 fully saturated rings. The summed E-state index contributed by atoms with van der Waals surface area (Å²) in [6, 6.07) is 6.48. The van der Waals surface area contributed by atoms with Gasteiger partial charge in [-0.15, -0.1) is 0 Å². The molecule has 8 nitrogen and oxygen atoms in total. The molecule has 0 radical (unpaired) electrons. The van der Waals surface area contributed by atoms with Crippen molar-refractivity contribution in [1.29, 1.82) is 0 Å². The molecule has 0 saturated heterocycles. The predicted octanol–water partition coefficient (Wildman–Crippen LogP) is 3.78. The van der Waals surface area contributed by atoms with Gasteiger partial charge in [0.15, 0.2) is 11.8 Å². The third kappa shape index (κ3) is 3.00. The van der Waals surface area contributed by atoms with Gasteiger partial charge in [0.05, 0.1) is 23.0 Å². The van der Waals surface area contributed by atoms with Crippen molar-refractivity contribution in [2.45, 2.75) is 13.1 Å². The number of nitrogens with one attached hydrogen (secondary N) is 4. The Labute approximate surface area is 166 Å². The number of benzene rings is 1. The fourth-order valence-corrected chi connectivity index (χ4v) is 3.29. The van der Waals surface area contributed by atoms with Gasteiger partial charge in [0.2, 0.25) is 5.82 Å². The summed E-state index contributed by atoms with van der Waals surface area (Å²) >= 11 is 0. The molecule has 30 heavy (non-hydrogen) atoms. The highest BCUT2D eigenvalue weighted by atomic mass is 19.4. The molecule has 0 aliphatic carbocycles. The maximum atomic E-state index is 13.4. The van der Waals surface area contributed by atoms with Crippen molar-refractivity contribution in [1.82, 2.24) is 30.1 Å². The Morgan fingerprint density at radius 2 is 2.00 bits per heavy atom. The normalized spacial score (nSPS) is 12.0. The van der Waals surface area contributed by atoms with E-state index in [1.807, 2.05) is 6.07 Å². The molecule has 0 aliphatic rings. The van der Waals surface area contributed by atoms with Gasteiger partial charge in [0.25, 0.3) is 0 Å². The molecule has 150 valence electrons. The number of hydrogen-bond acceptors (Lipinski definition) is 5. The summed E-state index contributed by atoms with van der Waals surface area (Å²) in [7, 11) is 0. The van der Waals surface area contributed by atoms with E-state index < -0.39 is 11.7 Å². The van der Waals surface area contributed by atoms with Gasteiger partial charge in [-0.05, 0) is 18.2 Å². The summed E-state index contributed by atoms with van der Waals surface area (Å²) in [5.41, 5.74) is 2.02. The van der Waals surface area contributed by atoms with E-state index in [0.29, 0.717) is 28.4 Å². The van der Waals surface area contributed by atoms with Crippen LogP contribution in [-0.4, -0.2) is 30.1 Å². The van der Waals surface area contributed by atoms with E-state index in [1.165, 1.54) is 0 Å². The zero-order chi connectivity index (χ0) is 20.9. The van der Waals surface area contributed by atoms with Crippen LogP contribution in [0.3, 0.4) is 0 Å². The van der Waals surface area contributed by atoms with E-state index in [4.69, 9.17) is 0 Å². The first kappa shape index (κ1) is 18.0. The van der Waals surface area contributed by atoms with Gasteiger partial charge in [-0.25, -0.2) is 15.0 Å². The molecule has 0 aliphatic heterocycles. The van der Waals surface area contributed by atoms with Crippen molar-refractivity contribution in [3.05, 3.63) is 54.4 Å². The number of fused-ring (bicyclic) bond motifs is 2. The molecule has 5 rings (SSSR count). The van der Waals surface area contributed by atoms with E-state index >= 15 is 0 Å². The van der Waals surface area contributed by atoms with E-state index in [9.17, 15) is 13.2 Å². The average molecular weight is 411 g/mol. The van der Waals surface area contributed by atoms with Crippen molar-refractivity contribution in [3.63, 3.8) is 0 Å². The first-order valence-electron chi connectivity index (χ1n) is 8.90. The van der Waals surface area contributed by atoms with Gasteiger partial charge in [-0.1, -0.05) is 11.1 Å². The van der Waals surface area contributed by atoms with E-state index in [0.717, 1.165) is 23.2 Å². The summed E-state index contributed by atoms with van der Waals surface area (Å²) in [4.78, 5) is 18.6. The van der Waals surface area contributed by atoms with Gasteiger partial charge in [0.1, 0.15) is 11.5 Å². The second-order valence-corrected chi connectivity index (χ2v) is 6.66. The molecule has 4 heterocycles. The van der Waals surface area contributed by atoms with Crippen molar-refractivity contribution < 1.29 is 18.2 Å². The zero-order valence-corrected chi connectivity index (χ0v) is 15.5. The van der Waals surface area contributed by atoms with Crippen LogP contribution in [0.15, 0.2) is 43.0 Å². The van der Waals surface area contributed by atoms with Crippen LogP contribution >= 0.6 is 0 Å². The number of imidazole rings is 1. The maximum Gasteiger partial charge on any atom is 0.417 e. The van der Waals surface area contributed by atoms with Crippen molar-refractivity contribution in [2.75, 3.05) is 5.32 Å². The highest BCUT2D eigenvalue weighted by Gasteiger charge is 2.33. The number of hydrogen-bond donors (Lipinski definition) is 3. The number of rotatable bonds is 3. The molecule has 5 aromatic rings. The standard InChI is InChI=1S/C19H13F3N8/c1-9-27-15(16-18(28-9)25-8-24-16)11-5-10(19(20,21)22)6-23-17(11)29-13-3-2-4-14-12(13)7-26-30-14/h2-8H,1H3,(H,23,29)(H,26,30)(H,24,25,27,28)/p+1. The minimum absolute atomic E-state index is 0.191. The quantitative estimate of drug-likeness (QED) is 0.419. The van der Waals surface area contributed by atoms with Crippen LogP contribution in [0.5, 0.6) is 0 Å². The van der Waals surface area contributed by atoms with Gasteiger partial charge >= 0.3 is 11.8 Å². The number of aromatic nitrogens is 7. The average Bonchev–Trinajstić information content (AvgIpc) is 3.36. The molecule has 0 bridgehead atoms. The molecular formula is C19H14F3N8+. The number of aryl methyl sites for hydroxylation is 1. The van der Waals surface area contributed by atoms with Crippen LogP contribution < -0.4 is 10.3 Å². The number of pyridine rings is 1. The Balaban J connectivity index is 1.73. The Morgan fingerprint density at radius 3 is 2.83 bits per heavy atom. The van der Waals surface area contributed by atoms with Crippen LogP contribution in [0.1, 0.15) is 11.4 Å². The zero-order valence-electron chi connectivity index (χ0n) is 15.5. The fourth-order valence-electron chi connectivity index (χ4n) is 3.29. The fraction of sp³-hybridized carbons (Fsp3) is 0.105. The van der Waals surface area contributed by atoms with Gasteiger partial charge in [-0.2, -0.15) is 18.3 Å². The summed E-state index contributed by atoms with van der Waals surface area (Å²) in [5, 5.41) is 10.8. The largest absolute Gasteiger partial charge is 0.417 e. The third-order valence-electron chi connectivity index (χ3n) is 4.65. The molecule has 0 amide bonds. The lowest BCUT2D eigenvalue weighted by molar-refractivity contribution is -0.347. The number of anilines is 2. The molecule has 0 saturated carbocycles. The smallest absolute Gasteiger partial charge is 0.339 e. The topological polar surface area (TPSA) is 109 Å². The molecular weight excluding hydrogens is 397 g/mol. The molecule has 0 unspecified atom stereocenters. The molecule has 11 heteroatoms. The number of alkyl halides is 3. The van der Waals surface area contributed by atoms with Crippen molar-refractivity contribution in [3.8, 4) is 11.3 Å². The van der Waals surface area contributed by atoms with Gasteiger partial charge in [-0.3, -0.25) is 10.1 Å². The van der Waals surface area contributed by atoms with E-state index in [-0.39, 0.29) is 11.4 Å². The van der Waals surface area contributed by atoms with E-state index in [1.54, 1.807) is 31.6 Å². The van der Waals surface area contributed by atoms with Crippen LogP contribution in [-0.2, 0) is 6.18 Å². The number of H-pyrrole nitrogens is 3. The Hall–Kier alpha value is -4.02. The van der Waals surface area contributed by atoms with Gasteiger partial charge in [0, 0.05) is 24.1 Å². The summed E-state index contributed by atoms with van der Waals surface area (Å²) < 4.78 is 40.3.